The highest BCUT2D eigenvalue weighted by Crippen LogP contribution is 2.44. The van der Waals surface area contributed by atoms with Gasteiger partial charge in [0.05, 0.1) is 25.1 Å². The standard InChI is InChI=1S/C24H17F4N3O/c25-23(26)14-31(15-24(23,27)28)22-21-18(11-12-32-21)13-19(30-22)29-20(16-7-3-1-4-8-16)17-9-5-2-6-10-17/h1-13H,14-15H2. The Balaban J connectivity index is 1.65. The number of nitrogens with zero attached hydrogens (tertiary/aromatic N) is 3. The fourth-order valence-corrected chi connectivity index (χ4v) is 3.74. The van der Waals surface area contributed by atoms with Crippen molar-refractivity contribution >= 4 is 28.3 Å². The molecule has 162 valence electrons. The predicted octanol–water partition coefficient (Wildman–Crippen LogP) is 6.09. The number of hydrogen-bond donors (Lipinski definition) is 0. The number of anilines is 1. The van der Waals surface area contributed by atoms with Gasteiger partial charge in [0.25, 0.3) is 0 Å². The summed E-state index contributed by atoms with van der Waals surface area (Å²) in [6, 6.07) is 22.1. The smallest absolute Gasteiger partial charge is 0.329 e. The van der Waals surface area contributed by atoms with Gasteiger partial charge in [-0.3, -0.25) is 0 Å². The van der Waals surface area contributed by atoms with Crippen LogP contribution in [-0.4, -0.2) is 35.6 Å². The molecular formula is C24H17F4N3O. The van der Waals surface area contributed by atoms with E-state index in [1.54, 1.807) is 12.1 Å². The minimum Gasteiger partial charge on any atom is -0.460 e. The number of aliphatic imine (C=N–C) groups is 1. The molecule has 1 fully saturated rings. The van der Waals surface area contributed by atoms with Gasteiger partial charge in [0.15, 0.2) is 17.2 Å². The van der Waals surface area contributed by atoms with Crippen LogP contribution >= 0.6 is 0 Å². The maximum Gasteiger partial charge on any atom is 0.329 e. The lowest BCUT2D eigenvalue weighted by molar-refractivity contribution is -0.172. The van der Waals surface area contributed by atoms with Gasteiger partial charge in [0, 0.05) is 16.5 Å². The summed E-state index contributed by atoms with van der Waals surface area (Å²) in [7, 11) is 0. The second-order valence-corrected chi connectivity index (χ2v) is 7.60. The quantitative estimate of drug-likeness (QED) is 0.286. The molecule has 0 radical (unpaired) electrons. The summed E-state index contributed by atoms with van der Waals surface area (Å²) in [6.07, 6.45) is 1.37. The average molecular weight is 439 g/mol. The van der Waals surface area contributed by atoms with Gasteiger partial charge >= 0.3 is 11.8 Å². The van der Waals surface area contributed by atoms with Crippen LogP contribution in [0.25, 0.3) is 11.0 Å². The van der Waals surface area contributed by atoms with E-state index >= 15 is 0 Å². The first-order chi connectivity index (χ1) is 15.3. The zero-order valence-corrected chi connectivity index (χ0v) is 16.7. The molecule has 3 heterocycles. The molecule has 32 heavy (non-hydrogen) atoms. The summed E-state index contributed by atoms with van der Waals surface area (Å²) in [5.41, 5.74) is 2.44. The molecule has 0 aliphatic carbocycles. The average Bonchev–Trinajstić information content (AvgIpc) is 3.34. The van der Waals surface area contributed by atoms with Crippen molar-refractivity contribution in [1.82, 2.24) is 4.98 Å². The Morgan fingerprint density at radius 2 is 1.41 bits per heavy atom. The van der Waals surface area contributed by atoms with Crippen LogP contribution in [0.1, 0.15) is 11.1 Å². The highest BCUT2D eigenvalue weighted by Gasteiger charge is 2.63. The van der Waals surface area contributed by atoms with Crippen LogP contribution in [0.2, 0.25) is 0 Å². The second-order valence-electron chi connectivity index (χ2n) is 7.60. The van der Waals surface area contributed by atoms with E-state index in [0.717, 1.165) is 16.0 Å². The van der Waals surface area contributed by atoms with Gasteiger partial charge in [0.2, 0.25) is 0 Å². The van der Waals surface area contributed by atoms with Crippen LogP contribution in [0.3, 0.4) is 0 Å². The third kappa shape index (κ3) is 3.51. The minimum atomic E-state index is -4.16. The first kappa shape index (κ1) is 20.2. The van der Waals surface area contributed by atoms with Crippen molar-refractivity contribution in [2.24, 2.45) is 4.99 Å². The molecule has 4 aromatic rings. The molecular weight excluding hydrogens is 422 g/mol. The van der Waals surface area contributed by atoms with Gasteiger partial charge in [-0.1, -0.05) is 60.7 Å². The molecule has 0 unspecified atom stereocenters. The lowest BCUT2D eigenvalue weighted by Crippen LogP contribution is -2.38. The lowest BCUT2D eigenvalue weighted by Gasteiger charge is -2.17. The second kappa shape index (κ2) is 7.47. The van der Waals surface area contributed by atoms with E-state index in [1.807, 2.05) is 60.7 Å². The molecule has 0 spiro atoms. The highest BCUT2D eigenvalue weighted by molar-refractivity contribution is 6.14. The summed E-state index contributed by atoms with van der Waals surface area (Å²) >= 11 is 0. The summed E-state index contributed by atoms with van der Waals surface area (Å²) in [4.78, 5) is 9.91. The number of furan rings is 1. The SMILES string of the molecule is FC1(F)CN(c2nc(N=C(c3ccccc3)c3ccccc3)cc3ccoc23)CC1(F)F. The number of aromatic nitrogens is 1. The third-order valence-electron chi connectivity index (χ3n) is 5.34. The first-order valence-corrected chi connectivity index (χ1v) is 9.92. The van der Waals surface area contributed by atoms with Crippen molar-refractivity contribution in [3.63, 3.8) is 0 Å². The van der Waals surface area contributed by atoms with Crippen molar-refractivity contribution in [3.05, 3.63) is 90.2 Å². The number of benzene rings is 2. The molecule has 0 amide bonds. The van der Waals surface area contributed by atoms with E-state index < -0.39 is 24.9 Å². The van der Waals surface area contributed by atoms with Crippen molar-refractivity contribution in [2.75, 3.05) is 18.0 Å². The minimum absolute atomic E-state index is 0.0800. The Morgan fingerprint density at radius 3 is 1.97 bits per heavy atom. The van der Waals surface area contributed by atoms with Gasteiger partial charge < -0.3 is 9.32 Å². The van der Waals surface area contributed by atoms with E-state index in [4.69, 9.17) is 9.41 Å². The molecule has 1 aliphatic heterocycles. The molecule has 1 saturated heterocycles. The van der Waals surface area contributed by atoms with E-state index in [1.165, 1.54) is 6.26 Å². The largest absolute Gasteiger partial charge is 0.460 e. The zero-order valence-electron chi connectivity index (χ0n) is 16.7. The summed E-state index contributed by atoms with van der Waals surface area (Å²) in [5, 5.41) is 0.535. The van der Waals surface area contributed by atoms with Gasteiger partial charge in [-0.15, -0.1) is 0 Å². The van der Waals surface area contributed by atoms with Crippen molar-refractivity contribution in [1.29, 1.82) is 0 Å². The predicted molar refractivity (Wildman–Crippen MR) is 114 cm³/mol. The normalized spacial score (nSPS) is 16.9. The van der Waals surface area contributed by atoms with E-state index in [-0.39, 0.29) is 17.2 Å². The van der Waals surface area contributed by atoms with E-state index in [0.29, 0.717) is 11.1 Å². The monoisotopic (exact) mass is 439 g/mol. The van der Waals surface area contributed by atoms with Crippen molar-refractivity contribution < 1.29 is 22.0 Å². The molecule has 0 atom stereocenters. The fourth-order valence-electron chi connectivity index (χ4n) is 3.74. The molecule has 0 bridgehead atoms. The Hall–Kier alpha value is -3.68. The molecule has 5 rings (SSSR count). The maximum atomic E-state index is 13.9. The Labute approximate surface area is 180 Å². The van der Waals surface area contributed by atoms with E-state index in [9.17, 15) is 17.6 Å². The van der Waals surface area contributed by atoms with Crippen LogP contribution in [-0.2, 0) is 0 Å². The number of pyridine rings is 1. The number of rotatable bonds is 4. The molecule has 1 aliphatic rings. The Kier molecular flexibility index (Phi) is 4.73. The van der Waals surface area contributed by atoms with Crippen LogP contribution in [0.5, 0.6) is 0 Å². The van der Waals surface area contributed by atoms with Gasteiger partial charge in [-0.25, -0.2) is 9.98 Å². The molecule has 2 aromatic carbocycles. The number of fused-ring (bicyclic) bond motifs is 1. The molecule has 2 aromatic heterocycles. The zero-order chi connectivity index (χ0) is 22.3. The number of hydrogen-bond acceptors (Lipinski definition) is 4. The van der Waals surface area contributed by atoms with Crippen LogP contribution in [0, 0.1) is 0 Å². The molecule has 8 heteroatoms. The van der Waals surface area contributed by atoms with E-state index in [2.05, 4.69) is 4.98 Å². The lowest BCUT2D eigenvalue weighted by atomic mass is 10.0. The van der Waals surface area contributed by atoms with Gasteiger partial charge in [-0.05, 0) is 12.1 Å². The number of alkyl halides is 4. The van der Waals surface area contributed by atoms with Crippen LogP contribution < -0.4 is 4.90 Å². The molecule has 4 nitrogen and oxygen atoms in total. The molecule has 0 saturated carbocycles. The Morgan fingerprint density at radius 1 is 0.844 bits per heavy atom. The molecule has 0 N–H and O–H groups in total. The number of halogens is 4. The van der Waals surface area contributed by atoms with Crippen LogP contribution in [0.15, 0.2) is 88.5 Å². The van der Waals surface area contributed by atoms with Crippen LogP contribution in [0.4, 0.5) is 29.2 Å². The fraction of sp³-hybridized carbons (Fsp3) is 0.167. The summed E-state index contributed by atoms with van der Waals surface area (Å²) in [6.45, 7) is -2.31. The summed E-state index contributed by atoms with van der Waals surface area (Å²) < 4.78 is 60.8. The maximum absolute atomic E-state index is 13.9. The third-order valence-corrected chi connectivity index (χ3v) is 5.34. The topological polar surface area (TPSA) is 41.6 Å². The summed E-state index contributed by atoms with van der Waals surface area (Å²) in [5.74, 6) is -8.20. The van der Waals surface area contributed by atoms with Gasteiger partial charge in [-0.2, -0.15) is 17.6 Å². The first-order valence-electron chi connectivity index (χ1n) is 9.92. The Bertz CT molecular complexity index is 1230. The van der Waals surface area contributed by atoms with Crippen molar-refractivity contribution in [2.45, 2.75) is 11.8 Å². The van der Waals surface area contributed by atoms with Crippen molar-refractivity contribution in [3.8, 4) is 0 Å². The highest BCUT2D eigenvalue weighted by atomic mass is 19.3. The van der Waals surface area contributed by atoms with Gasteiger partial charge in [0.1, 0.15) is 0 Å².